The summed E-state index contributed by atoms with van der Waals surface area (Å²) in [6.07, 6.45) is 1.77. The molecule has 3 heterocycles. The van der Waals surface area contributed by atoms with Crippen LogP contribution in [0.25, 0.3) is 10.9 Å². The number of hydrogen-bond acceptors (Lipinski definition) is 6. The predicted molar refractivity (Wildman–Crippen MR) is 105 cm³/mol. The molecule has 0 unspecified atom stereocenters. The Morgan fingerprint density at radius 2 is 2.19 bits per heavy atom. The highest BCUT2D eigenvalue weighted by Gasteiger charge is 2.17. The normalized spacial score (nSPS) is 15.4. The molecule has 0 radical (unpaired) electrons. The predicted octanol–water partition coefficient (Wildman–Crippen LogP) is 0.373. The van der Waals surface area contributed by atoms with E-state index in [-0.39, 0.29) is 5.91 Å². The molecule has 1 saturated heterocycles. The third kappa shape index (κ3) is 3.51. The van der Waals surface area contributed by atoms with Gasteiger partial charge in [0.25, 0.3) is 5.91 Å². The van der Waals surface area contributed by atoms with Gasteiger partial charge in [0.1, 0.15) is 18.5 Å². The van der Waals surface area contributed by atoms with E-state index in [4.69, 9.17) is 4.74 Å². The molecule has 1 fully saturated rings. The van der Waals surface area contributed by atoms with Crippen molar-refractivity contribution in [2.24, 2.45) is 7.05 Å². The van der Waals surface area contributed by atoms with Gasteiger partial charge in [-0.1, -0.05) is 5.46 Å². The molecule has 7 nitrogen and oxygen atoms in total. The topological polar surface area (TPSA) is 72.3 Å². The van der Waals surface area contributed by atoms with Gasteiger partial charge in [-0.05, 0) is 12.1 Å². The molecule has 0 atom stereocenters. The minimum Gasteiger partial charge on any atom is -0.379 e. The van der Waals surface area contributed by atoms with Gasteiger partial charge in [0.15, 0.2) is 0 Å². The van der Waals surface area contributed by atoms with Gasteiger partial charge in [-0.3, -0.25) is 14.4 Å². The first-order valence-electron chi connectivity index (χ1n) is 8.58. The van der Waals surface area contributed by atoms with Gasteiger partial charge in [0.2, 0.25) is 0 Å². The number of aromatic nitrogens is 3. The van der Waals surface area contributed by atoms with Crippen LogP contribution in [0.5, 0.6) is 0 Å². The van der Waals surface area contributed by atoms with Crippen LogP contribution in [0.3, 0.4) is 0 Å². The van der Waals surface area contributed by atoms with Crippen LogP contribution in [0.2, 0.25) is 0 Å². The molecule has 1 amide bonds. The Bertz CT molecular complexity index is 948. The third-order valence-electron chi connectivity index (χ3n) is 4.51. The zero-order valence-electron chi connectivity index (χ0n) is 14.9. The average Bonchev–Trinajstić information content (AvgIpc) is 3.23. The maximum atomic E-state index is 12.7. The summed E-state index contributed by atoms with van der Waals surface area (Å²) in [4.78, 5) is 19.5. The molecular weight excluding hydrogens is 349 g/mol. The summed E-state index contributed by atoms with van der Waals surface area (Å²) in [7, 11) is 3.90. The summed E-state index contributed by atoms with van der Waals surface area (Å²) < 4.78 is 7.17. The molecule has 0 spiro atoms. The largest absolute Gasteiger partial charge is 0.379 e. The molecule has 1 aliphatic heterocycles. The number of ether oxygens (including phenoxy) is 1. The lowest BCUT2D eigenvalue weighted by Crippen LogP contribution is -2.35. The fourth-order valence-corrected chi connectivity index (χ4v) is 3.93. The number of carbonyl (C=O) groups excluding carboxylic acids is 1. The molecule has 4 rings (SSSR count). The van der Waals surface area contributed by atoms with Crippen LogP contribution in [0.15, 0.2) is 23.7 Å². The number of carbonyl (C=O) groups is 1. The fourth-order valence-electron chi connectivity index (χ4n) is 3.12. The van der Waals surface area contributed by atoms with Crippen LogP contribution >= 0.6 is 11.3 Å². The zero-order chi connectivity index (χ0) is 18.1. The van der Waals surface area contributed by atoms with Crippen LogP contribution in [0.4, 0.5) is 5.69 Å². The molecule has 0 saturated carbocycles. The molecule has 26 heavy (non-hydrogen) atoms. The number of nitrogens with zero attached hydrogens (tertiary/aromatic N) is 4. The molecule has 1 N–H and O–H groups in total. The van der Waals surface area contributed by atoms with E-state index in [9.17, 15) is 4.79 Å². The molecule has 0 bridgehead atoms. The molecule has 0 aliphatic carbocycles. The van der Waals surface area contributed by atoms with Crippen LogP contribution in [0, 0.1) is 0 Å². The van der Waals surface area contributed by atoms with Crippen molar-refractivity contribution < 1.29 is 9.53 Å². The lowest BCUT2D eigenvalue weighted by Gasteiger charge is -2.25. The molecule has 2 aromatic heterocycles. The minimum absolute atomic E-state index is 0.190. The quantitative estimate of drug-likeness (QED) is 0.673. The minimum atomic E-state index is -0.190. The standard InChI is InChI=1S/C17H20BN5O2S/c1-22-15-7-11(18)6-13(12(15)8-19-22)21-17(24)14-10-26-16(20-14)9-23-2-4-25-5-3-23/h6-8,10H,2-5,9,18H2,1H3,(H,21,24). The Kier molecular flexibility index (Phi) is 4.75. The van der Waals surface area contributed by atoms with E-state index in [1.165, 1.54) is 11.3 Å². The van der Waals surface area contributed by atoms with E-state index in [1.54, 1.807) is 10.9 Å². The number of morpholine rings is 1. The highest BCUT2D eigenvalue weighted by atomic mass is 32.1. The Hall–Kier alpha value is -2.23. The summed E-state index contributed by atoms with van der Waals surface area (Å²) in [6, 6.07) is 4.02. The van der Waals surface area contributed by atoms with E-state index in [0.717, 1.165) is 59.9 Å². The van der Waals surface area contributed by atoms with Gasteiger partial charge in [0.05, 0.1) is 37.2 Å². The van der Waals surface area contributed by atoms with Crippen molar-refractivity contribution in [1.82, 2.24) is 19.7 Å². The maximum absolute atomic E-state index is 12.7. The molecular formula is C17H20BN5O2S. The molecule has 9 heteroatoms. The van der Waals surface area contributed by atoms with Gasteiger partial charge in [-0.2, -0.15) is 5.10 Å². The molecule has 1 aromatic carbocycles. The van der Waals surface area contributed by atoms with Gasteiger partial charge in [0, 0.05) is 30.9 Å². The van der Waals surface area contributed by atoms with Crippen molar-refractivity contribution in [2.45, 2.75) is 6.54 Å². The second kappa shape index (κ2) is 7.18. The van der Waals surface area contributed by atoms with E-state index < -0.39 is 0 Å². The number of fused-ring (bicyclic) bond motifs is 1. The SMILES string of the molecule is Bc1cc(NC(=O)c2csc(CN3CCOCC3)n2)c2cnn(C)c2c1. The van der Waals surface area contributed by atoms with Crippen LogP contribution in [-0.4, -0.2) is 59.7 Å². The lowest BCUT2D eigenvalue weighted by atomic mass is 9.94. The van der Waals surface area contributed by atoms with E-state index in [0.29, 0.717) is 5.69 Å². The Balaban J connectivity index is 1.50. The van der Waals surface area contributed by atoms with E-state index in [1.807, 2.05) is 26.3 Å². The summed E-state index contributed by atoms with van der Waals surface area (Å²) in [5.74, 6) is -0.190. The van der Waals surface area contributed by atoms with Crippen LogP contribution in [0.1, 0.15) is 15.5 Å². The summed E-state index contributed by atoms with van der Waals surface area (Å²) in [6.45, 7) is 4.09. The number of amides is 1. The first-order valence-corrected chi connectivity index (χ1v) is 9.46. The van der Waals surface area contributed by atoms with Crippen molar-refractivity contribution in [3.05, 3.63) is 34.4 Å². The van der Waals surface area contributed by atoms with Crippen molar-refractivity contribution in [3.63, 3.8) is 0 Å². The monoisotopic (exact) mass is 369 g/mol. The Labute approximate surface area is 156 Å². The Morgan fingerprint density at radius 3 is 3.00 bits per heavy atom. The number of thiazole rings is 1. The smallest absolute Gasteiger partial charge is 0.275 e. The summed E-state index contributed by atoms with van der Waals surface area (Å²) >= 11 is 1.52. The first kappa shape index (κ1) is 17.2. The molecule has 134 valence electrons. The van der Waals surface area contributed by atoms with Crippen molar-refractivity contribution >= 4 is 47.1 Å². The average molecular weight is 369 g/mol. The second-order valence-electron chi connectivity index (χ2n) is 6.48. The fraction of sp³-hybridized carbons (Fsp3) is 0.353. The van der Waals surface area contributed by atoms with Gasteiger partial charge in [-0.25, -0.2) is 4.98 Å². The maximum Gasteiger partial charge on any atom is 0.275 e. The van der Waals surface area contributed by atoms with E-state index >= 15 is 0 Å². The first-order chi connectivity index (χ1) is 12.6. The number of anilines is 1. The van der Waals surface area contributed by atoms with Crippen molar-refractivity contribution in [2.75, 3.05) is 31.6 Å². The van der Waals surface area contributed by atoms with Crippen LogP contribution in [-0.2, 0) is 18.3 Å². The number of aryl methyl sites for hydroxylation is 1. The van der Waals surface area contributed by atoms with Crippen LogP contribution < -0.4 is 10.8 Å². The highest BCUT2D eigenvalue weighted by molar-refractivity contribution is 7.09. The highest BCUT2D eigenvalue weighted by Crippen LogP contribution is 2.22. The molecule has 3 aromatic rings. The van der Waals surface area contributed by atoms with Crippen molar-refractivity contribution in [3.8, 4) is 0 Å². The second-order valence-corrected chi connectivity index (χ2v) is 7.43. The number of hydrogen-bond donors (Lipinski definition) is 1. The number of benzene rings is 1. The van der Waals surface area contributed by atoms with Gasteiger partial charge < -0.3 is 10.1 Å². The summed E-state index contributed by atoms with van der Waals surface area (Å²) in [5, 5.41) is 11.0. The zero-order valence-corrected chi connectivity index (χ0v) is 15.7. The van der Waals surface area contributed by atoms with E-state index in [2.05, 4.69) is 26.4 Å². The lowest BCUT2D eigenvalue weighted by molar-refractivity contribution is 0.0341. The number of nitrogens with one attached hydrogen (secondary N) is 1. The Morgan fingerprint density at radius 1 is 1.38 bits per heavy atom. The van der Waals surface area contributed by atoms with Gasteiger partial charge in [-0.15, -0.1) is 11.3 Å². The third-order valence-corrected chi connectivity index (χ3v) is 5.34. The van der Waals surface area contributed by atoms with Crippen molar-refractivity contribution in [1.29, 1.82) is 0 Å². The summed E-state index contributed by atoms with van der Waals surface area (Å²) in [5.41, 5.74) is 3.28. The van der Waals surface area contributed by atoms with Gasteiger partial charge >= 0.3 is 0 Å². The molecule has 1 aliphatic rings. The number of rotatable bonds is 4.